The number of hydrogen-bond acceptors (Lipinski definition) is 1. The maximum atomic E-state index is 10.7. The number of nitrogens with one attached hydrogen (secondary N) is 1. The monoisotopic (exact) mass is 251 g/mol. The van der Waals surface area contributed by atoms with Gasteiger partial charge in [0.25, 0.3) is 5.91 Å². The molecule has 1 amide bonds. The molecule has 0 bridgehead atoms. The molecule has 0 unspecified atom stereocenters. The second-order valence-electron chi connectivity index (χ2n) is 2.32. The van der Waals surface area contributed by atoms with Crippen LogP contribution in [0, 0.1) is 15.8 Å². The summed E-state index contributed by atoms with van der Waals surface area (Å²) in [4.78, 5) is 10.7. The zero-order chi connectivity index (χ0) is 7.98. The first-order valence-corrected chi connectivity index (χ1v) is 4.14. The van der Waals surface area contributed by atoms with Crippen molar-refractivity contribution >= 4 is 28.5 Å². The molecule has 56 valence electrons. The van der Waals surface area contributed by atoms with Gasteiger partial charge in [0.1, 0.15) is 0 Å². The minimum absolute atomic E-state index is 0.192. The number of carbonyl (C=O) groups is 1. The van der Waals surface area contributed by atoms with Crippen LogP contribution in [0.5, 0.6) is 0 Å². The van der Waals surface area contributed by atoms with E-state index >= 15 is 0 Å². The average Bonchev–Trinajstić information content (AvgIpc) is 1.85. The highest BCUT2D eigenvalue weighted by Gasteiger charge is 1.95. The lowest BCUT2D eigenvalue weighted by molar-refractivity contribution is -0.115. The van der Waals surface area contributed by atoms with Gasteiger partial charge in [-0.25, -0.2) is 0 Å². The van der Waals surface area contributed by atoms with Crippen molar-refractivity contribution in [1.29, 1.82) is 0 Å². The zero-order valence-electron chi connectivity index (χ0n) is 6.07. The van der Waals surface area contributed by atoms with Gasteiger partial charge in [-0.1, -0.05) is 13.8 Å². The Morgan fingerprint density at radius 3 is 2.70 bits per heavy atom. The molecule has 0 saturated heterocycles. The Balaban J connectivity index is 3.47. The van der Waals surface area contributed by atoms with Gasteiger partial charge in [-0.2, -0.15) is 0 Å². The highest BCUT2D eigenvalue weighted by molar-refractivity contribution is 14.1. The molecule has 1 N–H and O–H groups in total. The summed E-state index contributed by atoms with van der Waals surface area (Å²) in [5.74, 6) is 2.68. The van der Waals surface area contributed by atoms with Crippen molar-refractivity contribution in [3.8, 4) is 9.85 Å². The molecular formula is C7H10INO. The van der Waals surface area contributed by atoms with Gasteiger partial charge in [-0.3, -0.25) is 4.79 Å². The van der Waals surface area contributed by atoms with Crippen LogP contribution in [0.3, 0.4) is 0 Å². The fraction of sp³-hybridized carbons (Fsp3) is 0.571. The van der Waals surface area contributed by atoms with E-state index in [2.05, 4.69) is 15.2 Å². The predicted molar refractivity (Wildman–Crippen MR) is 49.6 cm³/mol. The number of amides is 1. The van der Waals surface area contributed by atoms with E-state index in [0.29, 0.717) is 12.5 Å². The molecule has 2 nitrogen and oxygen atoms in total. The van der Waals surface area contributed by atoms with Gasteiger partial charge in [0.2, 0.25) is 0 Å². The van der Waals surface area contributed by atoms with Crippen molar-refractivity contribution in [1.82, 2.24) is 5.32 Å². The fourth-order valence-electron chi connectivity index (χ4n) is 0.384. The Morgan fingerprint density at radius 1 is 1.70 bits per heavy atom. The van der Waals surface area contributed by atoms with Crippen molar-refractivity contribution in [2.75, 3.05) is 6.54 Å². The average molecular weight is 251 g/mol. The van der Waals surface area contributed by atoms with Crippen LogP contribution in [-0.2, 0) is 4.79 Å². The number of carbonyl (C=O) groups excluding carboxylic acids is 1. The molecule has 3 heteroatoms. The number of hydrogen-bond donors (Lipinski definition) is 1. The third-order valence-corrected chi connectivity index (χ3v) is 1.10. The Bertz CT molecular complexity index is 166. The summed E-state index contributed by atoms with van der Waals surface area (Å²) in [5, 5.41) is 2.67. The Hall–Kier alpha value is -0.240. The minimum Gasteiger partial charge on any atom is -0.345 e. The van der Waals surface area contributed by atoms with Gasteiger partial charge in [0.15, 0.2) is 0 Å². The normalized spacial score (nSPS) is 8.40. The lowest BCUT2D eigenvalue weighted by atomic mass is 10.2. The summed E-state index contributed by atoms with van der Waals surface area (Å²) in [7, 11) is 0. The molecular weight excluding hydrogens is 241 g/mol. The number of halogens is 1. The van der Waals surface area contributed by atoms with E-state index in [4.69, 9.17) is 0 Å². The molecule has 0 aliphatic rings. The highest BCUT2D eigenvalue weighted by atomic mass is 127. The summed E-state index contributed by atoms with van der Waals surface area (Å²) in [6.07, 6.45) is 0. The Morgan fingerprint density at radius 2 is 2.30 bits per heavy atom. The topological polar surface area (TPSA) is 29.1 Å². The molecule has 0 atom stereocenters. The lowest BCUT2D eigenvalue weighted by Gasteiger charge is -2.02. The quantitative estimate of drug-likeness (QED) is 0.579. The standard InChI is InChI=1S/C7H10INO/c1-6(2)5-9-7(10)3-4-8/h6H,5H2,1-2H3,(H,9,10). The van der Waals surface area contributed by atoms with E-state index in [9.17, 15) is 4.79 Å². The Kier molecular flexibility index (Phi) is 5.40. The van der Waals surface area contributed by atoms with Crippen molar-refractivity contribution in [2.45, 2.75) is 13.8 Å². The molecule has 0 aliphatic heterocycles. The van der Waals surface area contributed by atoms with Gasteiger partial charge < -0.3 is 5.32 Å². The van der Waals surface area contributed by atoms with Crippen LogP contribution in [0.1, 0.15) is 13.8 Å². The fourth-order valence-corrected chi connectivity index (χ4v) is 0.629. The number of rotatable bonds is 2. The first-order valence-electron chi connectivity index (χ1n) is 3.06. The second kappa shape index (κ2) is 5.54. The van der Waals surface area contributed by atoms with Crippen LogP contribution in [0.4, 0.5) is 0 Å². The van der Waals surface area contributed by atoms with E-state index in [1.165, 1.54) is 0 Å². The maximum absolute atomic E-state index is 10.7. The molecule has 0 radical (unpaired) electrons. The third-order valence-electron chi connectivity index (χ3n) is 0.832. The summed E-state index contributed by atoms with van der Waals surface area (Å²) in [6.45, 7) is 4.78. The zero-order valence-corrected chi connectivity index (χ0v) is 8.23. The molecule has 0 spiro atoms. The van der Waals surface area contributed by atoms with Gasteiger partial charge in [-0.05, 0) is 9.85 Å². The van der Waals surface area contributed by atoms with Crippen LogP contribution in [0.15, 0.2) is 0 Å². The molecule has 0 saturated carbocycles. The van der Waals surface area contributed by atoms with Crippen LogP contribution in [0.25, 0.3) is 0 Å². The summed E-state index contributed by atoms with van der Waals surface area (Å²) >= 11 is 1.84. The van der Waals surface area contributed by atoms with Crippen LogP contribution >= 0.6 is 22.6 Å². The smallest absolute Gasteiger partial charge is 0.296 e. The van der Waals surface area contributed by atoms with Gasteiger partial charge >= 0.3 is 0 Å². The molecule has 0 aromatic heterocycles. The van der Waals surface area contributed by atoms with Crippen molar-refractivity contribution in [3.63, 3.8) is 0 Å². The molecule has 0 aromatic rings. The SMILES string of the molecule is CC(C)CNC(=O)C#CI. The highest BCUT2D eigenvalue weighted by Crippen LogP contribution is 1.86. The van der Waals surface area contributed by atoms with Gasteiger partial charge in [0.05, 0.1) is 0 Å². The van der Waals surface area contributed by atoms with E-state index in [1.54, 1.807) is 0 Å². The largest absolute Gasteiger partial charge is 0.345 e. The van der Waals surface area contributed by atoms with Gasteiger partial charge in [-0.15, -0.1) is 0 Å². The van der Waals surface area contributed by atoms with Crippen LogP contribution < -0.4 is 5.32 Å². The van der Waals surface area contributed by atoms with Crippen molar-refractivity contribution < 1.29 is 4.79 Å². The molecule has 0 rings (SSSR count). The van der Waals surface area contributed by atoms with E-state index in [1.807, 2.05) is 36.4 Å². The molecule has 0 aliphatic carbocycles. The second-order valence-corrected chi connectivity index (χ2v) is 2.86. The van der Waals surface area contributed by atoms with E-state index in [0.717, 1.165) is 0 Å². The molecule has 0 heterocycles. The molecule has 0 fully saturated rings. The van der Waals surface area contributed by atoms with E-state index in [-0.39, 0.29) is 5.91 Å². The third kappa shape index (κ3) is 5.89. The van der Waals surface area contributed by atoms with Gasteiger partial charge in [0, 0.05) is 35.1 Å². The molecule has 0 aromatic carbocycles. The maximum Gasteiger partial charge on any atom is 0.296 e. The van der Waals surface area contributed by atoms with Crippen LogP contribution in [-0.4, -0.2) is 12.5 Å². The predicted octanol–water partition coefficient (Wildman–Crippen LogP) is 1.15. The van der Waals surface area contributed by atoms with Crippen molar-refractivity contribution in [2.24, 2.45) is 5.92 Å². The molecule has 10 heavy (non-hydrogen) atoms. The first kappa shape index (κ1) is 9.76. The van der Waals surface area contributed by atoms with Crippen LogP contribution in [0.2, 0.25) is 0 Å². The van der Waals surface area contributed by atoms with Crippen molar-refractivity contribution in [3.05, 3.63) is 0 Å². The minimum atomic E-state index is -0.192. The lowest BCUT2D eigenvalue weighted by Crippen LogP contribution is -2.25. The Labute approximate surface area is 74.9 Å². The summed E-state index contributed by atoms with van der Waals surface area (Å²) in [5.41, 5.74) is 0. The van der Waals surface area contributed by atoms with E-state index < -0.39 is 0 Å². The first-order chi connectivity index (χ1) is 4.66. The summed E-state index contributed by atoms with van der Waals surface area (Å²) in [6, 6.07) is 0. The summed E-state index contributed by atoms with van der Waals surface area (Å²) < 4.78 is 2.50.